The van der Waals surface area contributed by atoms with Crippen LogP contribution in [0.4, 0.5) is 0 Å². The number of aromatic nitrogens is 2. The van der Waals surface area contributed by atoms with Crippen molar-refractivity contribution in [2.24, 2.45) is 0 Å². The number of nitrogens with one attached hydrogen (secondary N) is 1. The molecule has 1 unspecified atom stereocenters. The normalized spacial score (nSPS) is 15.3. The quantitative estimate of drug-likeness (QED) is 0.680. The topological polar surface area (TPSA) is 95.5 Å². The number of nitrogens with zero attached hydrogens (tertiary/aromatic N) is 4. The van der Waals surface area contributed by atoms with Gasteiger partial charge in [0.1, 0.15) is 12.4 Å². The van der Waals surface area contributed by atoms with E-state index in [2.05, 4.69) is 15.3 Å². The van der Waals surface area contributed by atoms with Crippen molar-refractivity contribution >= 4 is 17.7 Å². The minimum absolute atomic E-state index is 0.212. The monoisotopic (exact) mass is 395 g/mol. The molecule has 0 spiro atoms. The summed E-state index contributed by atoms with van der Waals surface area (Å²) in [6.07, 6.45) is 4.80. The second-order valence-electron chi connectivity index (χ2n) is 6.88. The highest BCUT2D eigenvalue weighted by molar-refractivity contribution is 6.35. The lowest BCUT2D eigenvalue weighted by molar-refractivity contribution is -0.159. The number of unbranched alkanes of at least 4 members (excludes halogenated alkanes) is 1. The van der Waals surface area contributed by atoms with Crippen LogP contribution in [0.2, 0.25) is 0 Å². The zero-order valence-electron chi connectivity index (χ0n) is 16.5. The summed E-state index contributed by atoms with van der Waals surface area (Å²) in [6, 6.07) is 9.87. The first-order chi connectivity index (χ1) is 14.1. The van der Waals surface area contributed by atoms with Crippen LogP contribution in [0.15, 0.2) is 48.9 Å². The number of piperazine rings is 1. The Labute approximate surface area is 169 Å². The van der Waals surface area contributed by atoms with Crippen molar-refractivity contribution in [2.45, 2.75) is 32.4 Å². The molecule has 0 saturated carbocycles. The fraction of sp³-hybridized carbons (Fsp3) is 0.381. The Morgan fingerprint density at radius 1 is 1.14 bits per heavy atom. The molecule has 0 bridgehead atoms. The summed E-state index contributed by atoms with van der Waals surface area (Å²) < 4.78 is 0. The minimum Gasteiger partial charge on any atom is -0.348 e. The van der Waals surface area contributed by atoms with E-state index in [0.29, 0.717) is 30.9 Å². The van der Waals surface area contributed by atoms with E-state index in [1.807, 2.05) is 25.1 Å². The maximum Gasteiger partial charge on any atom is 0.313 e. The third-order valence-electron chi connectivity index (χ3n) is 4.89. The van der Waals surface area contributed by atoms with Crippen molar-refractivity contribution in [3.05, 3.63) is 60.2 Å². The molecule has 29 heavy (non-hydrogen) atoms. The molecule has 1 N–H and O–H groups in total. The number of amides is 3. The van der Waals surface area contributed by atoms with Gasteiger partial charge in [0.05, 0.1) is 12.2 Å². The standard InChI is InChI=1S/C21H25N5O3/c1-2-3-11-25-12-13-26(21(29)20(25)28)18(16-7-5-4-6-8-16)19(27)23-14-17-9-10-22-15-24-17/h4-10,15,18H,2-3,11-14H2,1H3,(H,23,27). The molecule has 1 fully saturated rings. The summed E-state index contributed by atoms with van der Waals surface area (Å²) in [7, 11) is 0. The van der Waals surface area contributed by atoms with Crippen LogP contribution in [0.3, 0.4) is 0 Å². The fourth-order valence-electron chi connectivity index (χ4n) is 3.30. The third-order valence-corrected chi connectivity index (χ3v) is 4.89. The Morgan fingerprint density at radius 2 is 1.93 bits per heavy atom. The second kappa shape index (κ2) is 9.77. The van der Waals surface area contributed by atoms with Gasteiger partial charge in [-0.1, -0.05) is 43.7 Å². The summed E-state index contributed by atoms with van der Waals surface area (Å²) in [6.45, 7) is 3.55. The van der Waals surface area contributed by atoms with Gasteiger partial charge in [-0.15, -0.1) is 0 Å². The fourth-order valence-corrected chi connectivity index (χ4v) is 3.30. The van der Waals surface area contributed by atoms with Crippen molar-refractivity contribution in [1.82, 2.24) is 25.1 Å². The third kappa shape index (κ3) is 4.96. The van der Waals surface area contributed by atoms with Gasteiger partial charge in [0.15, 0.2) is 0 Å². The number of hydrogen-bond acceptors (Lipinski definition) is 5. The van der Waals surface area contributed by atoms with Crippen LogP contribution in [0.1, 0.15) is 37.1 Å². The van der Waals surface area contributed by atoms with E-state index in [1.54, 1.807) is 29.3 Å². The summed E-state index contributed by atoms with van der Waals surface area (Å²) in [5.41, 5.74) is 1.32. The maximum absolute atomic E-state index is 13.0. The molecule has 1 saturated heterocycles. The van der Waals surface area contributed by atoms with Crippen LogP contribution in [-0.2, 0) is 20.9 Å². The van der Waals surface area contributed by atoms with E-state index in [-0.39, 0.29) is 12.5 Å². The molecule has 1 aliphatic rings. The minimum atomic E-state index is -0.872. The molecular formula is C21H25N5O3. The zero-order chi connectivity index (χ0) is 20.6. The lowest BCUT2D eigenvalue weighted by Crippen LogP contribution is -2.57. The Hall–Kier alpha value is -3.29. The highest BCUT2D eigenvalue weighted by atomic mass is 16.2. The lowest BCUT2D eigenvalue weighted by atomic mass is 10.0. The average molecular weight is 395 g/mol. The molecule has 0 radical (unpaired) electrons. The summed E-state index contributed by atoms with van der Waals surface area (Å²) in [4.78, 5) is 49.3. The summed E-state index contributed by atoms with van der Waals surface area (Å²) >= 11 is 0. The molecule has 2 heterocycles. The molecule has 3 rings (SSSR count). The van der Waals surface area contributed by atoms with Crippen LogP contribution in [0.25, 0.3) is 0 Å². The van der Waals surface area contributed by atoms with Gasteiger partial charge in [0.2, 0.25) is 5.91 Å². The first kappa shape index (κ1) is 20.4. The predicted molar refractivity (Wildman–Crippen MR) is 106 cm³/mol. The number of rotatable bonds is 8. The molecule has 3 amide bonds. The first-order valence-electron chi connectivity index (χ1n) is 9.79. The first-order valence-corrected chi connectivity index (χ1v) is 9.79. The molecule has 2 aromatic rings. The molecule has 8 nitrogen and oxygen atoms in total. The number of carbonyl (C=O) groups is 3. The highest BCUT2D eigenvalue weighted by Gasteiger charge is 2.39. The van der Waals surface area contributed by atoms with Crippen molar-refractivity contribution in [1.29, 1.82) is 0 Å². The number of carbonyl (C=O) groups excluding carboxylic acids is 3. The Kier molecular flexibility index (Phi) is 6.89. The van der Waals surface area contributed by atoms with Gasteiger partial charge < -0.3 is 15.1 Å². The van der Waals surface area contributed by atoms with Gasteiger partial charge in [-0.2, -0.15) is 0 Å². The van der Waals surface area contributed by atoms with Gasteiger partial charge in [-0.05, 0) is 18.1 Å². The van der Waals surface area contributed by atoms with Crippen molar-refractivity contribution in [2.75, 3.05) is 19.6 Å². The Balaban J connectivity index is 1.78. The van der Waals surface area contributed by atoms with Gasteiger partial charge in [0, 0.05) is 25.8 Å². The molecular weight excluding hydrogens is 370 g/mol. The Bertz CT molecular complexity index is 844. The second-order valence-corrected chi connectivity index (χ2v) is 6.88. The molecule has 152 valence electrons. The highest BCUT2D eigenvalue weighted by Crippen LogP contribution is 2.24. The van der Waals surface area contributed by atoms with Crippen molar-refractivity contribution in [3.63, 3.8) is 0 Å². The van der Waals surface area contributed by atoms with Crippen LogP contribution in [-0.4, -0.2) is 57.1 Å². The largest absolute Gasteiger partial charge is 0.348 e. The summed E-state index contributed by atoms with van der Waals surface area (Å²) in [5.74, 6) is -1.54. The van der Waals surface area contributed by atoms with E-state index in [1.165, 1.54) is 11.2 Å². The van der Waals surface area contributed by atoms with Crippen molar-refractivity contribution in [3.8, 4) is 0 Å². The number of hydrogen-bond donors (Lipinski definition) is 1. The molecule has 8 heteroatoms. The average Bonchev–Trinajstić information content (AvgIpc) is 2.76. The van der Waals surface area contributed by atoms with E-state index in [4.69, 9.17) is 0 Å². The van der Waals surface area contributed by atoms with Gasteiger partial charge in [-0.25, -0.2) is 9.97 Å². The summed E-state index contributed by atoms with van der Waals surface area (Å²) in [5, 5.41) is 2.83. The van der Waals surface area contributed by atoms with Gasteiger partial charge >= 0.3 is 11.8 Å². The van der Waals surface area contributed by atoms with Crippen LogP contribution >= 0.6 is 0 Å². The molecule has 1 aromatic carbocycles. The number of benzene rings is 1. The molecule has 1 atom stereocenters. The molecule has 0 aliphatic carbocycles. The van der Waals surface area contributed by atoms with Crippen LogP contribution in [0, 0.1) is 0 Å². The van der Waals surface area contributed by atoms with E-state index >= 15 is 0 Å². The molecule has 1 aromatic heterocycles. The van der Waals surface area contributed by atoms with E-state index in [0.717, 1.165) is 12.8 Å². The predicted octanol–water partition coefficient (Wildman–Crippen LogP) is 1.30. The van der Waals surface area contributed by atoms with Gasteiger partial charge in [0.25, 0.3) is 0 Å². The zero-order valence-corrected chi connectivity index (χ0v) is 16.5. The van der Waals surface area contributed by atoms with Crippen LogP contribution < -0.4 is 5.32 Å². The van der Waals surface area contributed by atoms with Gasteiger partial charge in [-0.3, -0.25) is 14.4 Å². The van der Waals surface area contributed by atoms with E-state index in [9.17, 15) is 14.4 Å². The SMILES string of the molecule is CCCCN1CCN(C(C(=O)NCc2ccncn2)c2ccccc2)C(=O)C1=O. The smallest absolute Gasteiger partial charge is 0.313 e. The molecule has 1 aliphatic heterocycles. The van der Waals surface area contributed by atoms with Crippen molar-refractivity contribution < 1.29 is 14.4 Å². The maximum atomic E-state index is 13.0. The van der Waals surface area contributed by atoms with Crippen LogP contribution in [0.5, 0.6) is 0 Å². The van der Waals surface area contributed by atoms with E-state index < -0.39 is 17.9 Å². The lowest BCUT2D eigenvalue weighted by Gasteiger charge is -2.38. The Morgan fingerprint density at radius 3 is 2.62 bits per heavy atom.